The van der Waals surface area contributed by atoms with Gasteiger partial charge in [0.2, 0.25) is 0 Å². The number of rotatable bonds is 4. The van der Waals surface area contributed by atoms with E-state index in [1.165, 1.54) is 43.1 Å². The summed E-state index contributed by atoms with van der Waals surface area (Å²) in [4.78, 5) is 0.150. The predicted octanol–water partition coefficient (Wildman–Crippen LogP) is 1.20. The molecule has 104 valence electrons. The molecule has 1 heterocycles. The Morgan fingerprint density at radius 2 is 1.95 bits per heavy atom. The maximum absolute atomic E-state index is 12.4. The summed E-state index contributed by atoms with van der Waals surface area (Å²) >= 11 is 0. The second kappa shape index (κ2) is 5.40. The van der Waals surface area contributed by atoms with Crippen LogP contribution < -0.4 is 9.47 Å². The molecule has 0 aliphatic carbocycles. The van der Waals surface area contributed by atoms with Crippen LogP contribution in [-0.2, 0) is 14.8 Å². The van der Waals surface area contributed by atoms with Crippen molar-refractivity contribution in [3.05, 3.63) is 30.7 Å². The second-order valence-corrected chi connectivity index (χ2v) is 5.68. The monoisotopic (exact) mass is 285 g/mol. The standard InChI is InChI=1S/C12H15NO5S/c1-16-11-4-3-10(9-12(11)17-2)19(14,15)13-5-7-18-8-6-13/h3-5,7,9H,6,8H2,1-2H3. The minimum atomic E-state index is -3.59. The molecule has 6 nitrogen and oxygen atoms in total. The summed E-state index contributed by atoms with van der Waals surface area (Å²) in [5, 5.41) is 0. The number of hydrogen-bond acceptors (Lipinski definition) is 5. The van der Waals surface area contributed by atoms with E-state index in [1.54, 1.807) is 6.07 Å². The Morgan fingerprint density at radius 3 is 2.53 bits per heavy atom. The van der Waals surface area contributed by atoms with Crippen molar-refractivity contribution in [2.75, 3.05) is 27.4 Å². The average Bonchev–Trinajstić information content (AvgIpc) is 2.47. The Morgan fingerprint density at radius 1 is 1.21 bits per heavy atom. The lowest BCUT2D eigenvalue weighted by Gasteiger charge is -2.23. The van der Waals surface area contributed by atoms with E-state index < -0.39 is 10.0 Å². The van der Waals surface area contributed by atoms with Crippen LogP contribution in [0, 0.1) is 0 Å². The van der Waals surface area contributed by atoms with Gasteiger partial charge in [-0.3, -0.25) is 4.31 Å². The summed E-state index contributed by atoms with van der Waals surface area (Å²) in [5.74, 6) is 0.861. The number of hydrogen-bond donors (Lipinski definition) is 0. The summed E-state index contributed by atoms with van der Waals surface area (Å²) < 4.78 is 41.2. The molecule has 1 aromatic rings. The van der Waals surface area contributed by atoms with E-state index in [4.69, 9.17) is 14.2 Å². The van der Waals surface area contributed by atoms with Crippen LogP contribution in [0.4, 0.5) is 0 Å². The highest BCUT2D eigenvalue weighted by atomic mass is 32.2. The van der Waals surface area contributed by atoms with Gasteiger partial charge in [0.15, 0.2) is 11.5 Å². The molecule has 2 rings (SSSR count). The van der Waals surface area contributed by atoms with Gasteiger partial charge in [0, 0.05) is 6.07 Å². The molecule has 0 amide bonds. The topological polar surface area (TPSA) is 65.1 Å². The van der Waals surface area contributed by atoms with Gasteiger partial charge in [0.25, 0.3) is 10.0 Å². The zero-order chi connectivity index (χ0) is 13.9. The number of ether oxygens (including phenoxy) is 3. The van der Waals surface area contributed by atoms with Gasteiger partial charge in [-0.1, -0.05) is 0 Å². The van der Waals surface area contributed by atoms with E-state index in [9.17, 15) is 8.42 Å². The maximum atomic E-state index is 12.4. The van der Waals surface area contributed by atoms with Gasteiger partial charge in [-0.15, -0.1) is 0 Å². The van der Waals surface area contributed by atoms with Crippen molar-refractivity contribution in [1.29, 1.82) is 0 Å². The summed E-state index contributed by atoms with van der Waals surface area (Å²) in [6.07, 6.45) is 2.76. The van der Waals surface area contributed by atoms with Gasteiger partial charge in [0.05, 0.1) is 38.1 Å². The van der Waals surface area contributed by atoms with Gasteiger partial charge in [-0.25, -0.2) is 8.42 Å². The lowest BCUT2D eigenvalue weighted by atomic mass is 10.3. The SMILES string of the molecule is COc1ccc(S(=O)(=O)N2C=COCC2)cc1OC. The fourth-order valence-corrected chi connectivity index (χ4v) is 3.00. The molecule has 1 aliphatic heterocycles. The molecule has 0 bridgehead atoms. The molecule has 1 aromatic carbocycles. The minimum absolute atomic E-state index is 0.150. The van der Waals surface area contributed by atoms with E-state index in [-0.39, 0.29) is 11.4 Å². The van der Waals surface area contributed by atoms with E-state index in [0.29, 0.717) is 18.1 Å². The lowest BCUT2D eigenvalue weighted by Crippen LogP contribution is -2.31. The highest BCUT2D eigenvalue weighted by molar-refractivity contribution is 7.89. The van der Waals surface area contributed by atoms with Crippen LogP contribution in [0.3, 0.4) is 0 Å². The minimum Gasteiger partial charge on any atom is -0.498 e. The fraction of sp³-hybridized carbons (Fsp3) is 0.333. The second-order valence-electron chi connectivity index (χ2n) is 3.79. The molecule has 0 spiro atoms. The lowest BCUT2D eigenvalue weighted by molar-refractivity contribution is 0.207. The molecule has 0 atom stereocenters. The third-order valence-electron chi connectivity index (χ3n) is 2.71. The first-order valence-corrected chi connectivity index (χ1v) is 7.06. The van der Waals surface area contributed by atoms with Crippen molar-refractivity contribution < 1.29 is 22.6 Å². The van der Waals surface area contributed by atoms with Crippen LogP contribution in [0.5, 0.6) is 11.5 Å². The largest absolute Gasteiger partial charge is 0.498 e. The van der Waals surface area contributed by atoms with E-state index in [1.807, 2.05) is 0 Å². The number of nitrogens with zero attached hydrogens (tertiary/aromatic N) is 1. The Bertz CT molecular complexity index is 582. The molecule has 1 aliphatic rings. The van der Waals surface area contributed by atoms with Gasteiger partial charge >= 0.3 is 0 Å². The molecule has 0 saturated heterocycles. The van der Waals surface area contributed by atoms with Gasteiger partial charge in [-0.2, -0.15) is 0 Å². The van der Waals surface area contributed by atoms with Gasteiger partial charge in [-0.05, 0) is 12.1 Å². The van der Waals surface area contributed by atoms with Crippen molar-refractivity contribution in [2.24, 2.45) is 0 Å². The van der Waals surface area contributed by atoms with Crippen molar-refractivity contribution in [3.63, 3.8) is 0 Å². The zero-order valence-corrected chi connectivity index (χ0v) is 11.5. The third kappa shape index (κ3) is 2.60. The molecule has 19 heavy (non-hydrogen) atoms. The molecule has 0 radical (unpaired) electrons. The van der Waals surface area contributed by atoms with Crippen LogP contribution in [0.2, 0.25) is 0 Å². The highest BCUT2D eigenvalue weighted by Gasteiger charge is 2.24. The highest BCUT2D eigenvalue weighted by Crippen LogP contribution is 2.30. The fourth-order valence-electron chi connectivity index (χ4n) is 1.71. The summed E-state index contributed by atoms with van der Waals surface area (Å²) in [6.45, 7) is 0.621. The van der Waals surface area contributed by atoms with Crippen molar-refractivity contribution in [1.82, 2.24) is 4.31 Å². The average molecular weight is 285 g/mol. The molecule has 0 fully saturated rings. The van der Waals surface area contributed by atoms with Crippen LogP contribution >= 0.6 is 0 Å². The molecule has 0 aromatic heterocycles. The van der Waals surface area contributed by atoms with Crippen LogP contribution in [-0.4, -0.2) is 40.1 Å². The van der Waals surface area contributed by atoms with Gasteiger partial charge < -0.3 is 14.2 Å². The molecule has 0 N–H and O–H groups in total. The molecular weight excluding hydrogens is 270 g/mol. The predicted molar refractivity (Wildman–Crippen MR) is 68.5 cm³/mol. The quantitative estimate of drug-likeness (QED) is 0.831. The first-order valence-electron chi connectivity index (χ1n) is 5.61. The molecule has 0 saturated carbocycles. The van der Waals surface area contributed by atoms with E-state index >= 15 is 0 Å². The van der Waals surface area contributed by atoms with Gasteiger partial charge in [0.1, 0.15) is 6.61 Å². The van der Waals surface area contributed by atoms with E-state index in [0.717, 1.165) is 0 Å². The smallest absolute Gasteiger partial charge is 0.264 e. The summed E-state index contributed by atoms with van der Waals surface area (Å²) in [5.41, 5.74) is 0. The first kappa shape index (κ1) is 13.5. The summed E-state index contributed by atoms with van der Waals surface area (Å²) in [6, 6.07) is 4.49. The Labute approximate surface area is 112 Å². The molecule has 7 heteroatoms. The van der Waals surface area contributed by atoms with Crippen LogP contribution in [0.25, 0.3) is 0 Å². The first-order chi connectivity index (χ1) is 9.09. The maximum Gasteiger partial charge on any atom is 0.264 e. The van der Waals surface area contributed by atoms with Crippen molar-refractivity contribution >= 4 is 10.0 Å². The Kier molecular flexibility index (Phi) is 3.84. The van der Waals surface area contributed by atoms with E-state index in [2.05, 4.69) is 0 Å². The molecule has 0 unspecified atom stereocenters. The molecular formula is C12H15NO5S. The van der Waals surface area contributed by atoms with Crippen LogP contribution in [0.15, 0.2) is 35.6 Å². The number of benzene rings is 1. The number of sulfonamides is 1. The van der Waals surface area contributed by atoms with Crippen molar-refractivity contribution in [2.45, 2.75) is 4.90 Å². The Balaban J connectivity index is 2.40. The zero-order valence-electron chi connectivity index (χ0n) is 10.7. The normalized spacial score (nSPS) is 14.9. The third-order valence-corrected chi connectivity index (χ3v) is 4.49. The van der Waals surface area contributed by atoms with Crippen LogP contribution in [0.1, 0.15) is 0 Å². The summed E-state index contributed by atoms with van der Waals surface area (Å²) in [7, 11) is -0.631. The van der Waals surface area contributed by atoms with Crippen molar-refractivity contribution in [3.8, 4) is 11.5 Å². The number of methoxy groups -OCH3 is 2. The Hall–Kier alpha value is -1.89.